The van der Waals surface area contributed by atoms with E-state index in [0.29, 0.717) is 24.4 Å². The normalized spacial score (nSPS) is 27.1. The van der Waals surface area contributed by atoms with Crippen molar-refractivity contribution in [2.75, 3.05) is 62.4 Å². The highest BCUT2D eigenvalue weighted by molar-refractivity contribution is 5.51. The van der Waals surface area contributed by atoms with E-state index in [-0.39, 0.29) is 0 Å². The van der Waals surface area contributed by atoms with E-state index >= 15 is 0 Å². The molecule has 0 spiro atoms. The van der Waals surface area contributed by atoms with Crippen LogP contribution in [-0.4, -0.2) is 77.0 Å². The van der Waals surface area contributed by atoms with Gasteiger partial charge in [-0.1, -0.05) is 24.3 Å². The Morgan fingerprint density at radius 1 is 0.562 bits per heavy atom. The Morgan fingerprint density at radius 2 is 0.969 bits per heavy atom. The number of anilines is 2. The molecule has 2 aromatic carbocycles. The molecule has 4 saturated heterocycles. The van der Waals surface area contributed by atoms with Crippen LogP contribution in [-0.2, 0) is 25.4 Å². The SMILES string of the molecule is c1cc(N(CCC2CO2)CC2CO2)ccc1Cc1ccc(N(CC2CO2)CC2CO2)cc1. The predicted octanol–water partition coefficient (Wildman–Crippen LogP) is 2.88. The first-order chi connectivity index (χ1) is 15.8. The molecule has 4 atom stereocenters. The number of ether oxygens (including phenoxy) is 4. The van der Waals surface area contributed by atoms with Gasteiger partial charge in [0.05, 0.1) is 50.8 Å². The average Bonchev–Trinajstić information content (AvgIpc) is 3.62. The van der Waals surface area contributed by atoms with Crippen LogP contribution in [0.3, 0.4) is 0 Å². The lowest BCUT2D eigenvalue weighted by Crippen LogP contribution is -2.31. The van der Waals surface area contributed by atoms with Crippen LogP contribution < -0.4 is 9.80 Å². The second-order valence-corrected chi connectivity index (χ2v) is 9.47. The Hall–Kier alpha value is -2.12. The largest absolute Gasteiger partial charge is 0.373 e. The first-order valence-electron chi connectivity index (χ1n) is 11.9. The molecule has 0 aliphatic carbocycles. The molecular formula is C26H32N2O4. The molecule has 0 radical (unpaired) electrons. The summed E-state index contributed by atoms with van der Waals surface area (Å²) in [6, 6.07) is 18.0. The Balaban J connectivity index is 1.07. The van der Waals surface area contributed by atoms with Gasteiger partial charge in [0.15, 0.2) is 0 Å². The molecular weight excluding hydrogens is 404 g/mol. The maximum absolute atomic E-state index is 5.47. The van der Waals surface area contributed by atoms with Gasteiger partial charge in [0.25, 0.3) is 0 Å². The van der Waals surface area contributed by atoms with Crippen molar-refractivity contribution in [1.29, 1.82) is 0 Å². The summed E-state index contributed by atoms with van der Waals surface area (Å²) in [5.41, 5.74) is 5.21. The molecule has 0 N–H and O–H groups in total. The summed E-state index contributed by atoms with van der Waals surface area (Å²) < 4.78 is 21.8. The van der Waals surface area contributed by atoms with Crippen LogP contribution in [0.2, 0.25) is 0 Å². The van der Waals surface area contributed by atoms with E-state index in [9.17, 15) is 0 Å². The van der Waals surface area contributed by atoms with Gasteiger partial charge in [0.1, 0.15) is 0 Å². The quantitative estimate of drug-likeness (QED) is 0.450. The van der Waals surface area contributed by atoms with Crippen molar-refractivity contribution >= 4 is 11.4 Å². The molecule has 2 aromatic rings. The average molecular weight is 437 g/mol. The van der Waals surface area contributed by atoms with E-state index in [1.165, 1.54) is 22.5 Å². The third-order valence-electron chi connectivity index (χ3n) is 6.61. The van der Waals surface area contributed by atoms with E-state index in [4.69, 9.17) is 18.9 Å². The van der Waals surface area contributed by atoms with Crippen LogP contribution in [0.25, 0.3) is 0 Å². The smallest absolute Gasteiger partial charge is 0.0984 e. The number of nitrogens with zero attached hydrogens (tertiary/aromatic N) is 2. The molecule has 4 aliphatic rings. The van der Waals surface area contributed by atoms with Crippen LogP contribution in [0.4, 0.5) is 11.4 Å². The minimum absolute atomic E-state index is 0.384. The summed E-state index contributed by atoms with van der Waals surface area (Å²) in [5.74, 6) is 0. The highest BCUT2D eigenvalue weighted by Crippen LogP contribution is 2.25. The molecule has 0 bridgehead atoms. The van der Waals surface area contributed by atoms with Gasteiger partial charge in [-0.3, -0.25) is 0 Å². The molecule has 32 heavy (non-hydrogen) atoms. The first-order valence-corrected chi connectivity index (χ1v) is 11.9. The van der Waals surface area contributed by atoms with E-state index in [1.807, 2.05) is 0 Å². The first kappa shape index (κ1) is 20.5. The maximum Gasteiger partial charge on any atom is 0.0984 e. The Bertz CT molecular complexity index is 873. The number of benzene rings is 2. The Morgan fingerprint density at radius 3 is 1.41 bits per heavy atom. The third-order valence-corrected chi connectivity index (χ3v) is 6.61. The molecule has 4 unspecified atom stereocenters. The second kappa shape index (κ2) is 9.02. The molecule has 0 saturated carbocycles. The second-order valence-electron chi connectivity index (χ2n) is 9.47. The zero-order valence-electron chi connectivity index (χ0n) is 18.5. The highest BCUT2D eigenvalue weighted by Gasteiger charge is 2.31. The van der Waals surface area contributed by atoms with E-state index < -0.39 is 0 Å². The molecule has 170 valence electrons. The lowest BCUT2D eigenvalue weighted by molar-refractivity contribution is 0.388. The fraction of sp³-hybridized carbons (Fsp3) is 0.538. The van der Waals surface area contributed by atoms with Crippen LogP contribution in [0.15, 0.2) is 48.5 Å². The summed E-state index contributed by atoms with van der Waals surface area (Å²) in [6.07, 6.45) is 3.66. The molecule has 6 heteroatoms. The number of hydrogen-bond acceptors (Lipinski definition) is 6. The van der Waals surface area contributed by atoms with Gasteiger partial charge in [-0.25, -0.2) is 0 Å². The van der Waals surface area contributed by atoms with E-state index in [0.717, 1.165) is 65.4 Å². The van der Waals surface area contributed by atoms with Crippen molar-refractivity contribution in [1.82, 2.24) is 0 Å². The van der Waals surface area contributed by atoms with Crippen molar-refractivity contribution in [3.8, 4) is 0 Å². The van der Waals surface area contributed by atoms with Crippen molar-refractivity contribution in [3.63, 3.8) is 0 Å². The number of rotatable bonds is 13. The number of epoxide rings is 4. The van der Waals surface area contributed by atoms with Gasteiger partial charge in [0, 0.05) is 37.6 Å². The molecule has 6 rings (SSSR count). The lowest BCUT2D eigenvalue weighted by Gasteiger charge is -2.24. The maximum atomic E-state index is 5.47. The summed E-state index contributed by atoms with van der Waals surface area (Å²) in [5, 5.41) is 0. The van der Waals surface area contributed by atoms with Gasteiger partial charge in [0.2, 0.25) is 0 Å². The van der Waals surface area contributed by atoms with Crippen LogP contribution in [0.1, 0.15) is 17.5 Å². The number of hydrogen-bond donors (Lipinski definition) is 0. The van der Waals surface area contributed by atoms with Crippen molar-refractivity contribution in [2.45, 2.75) is 37.3 Å². The monoisotopic (exact) mass is 436 g/mol. The zero-order chi connectivity index (χ0) is 21.3. The van der Waals surface area contributed by atoms with Crippen molar-refractivity contribution < 1.29 is 18.9 Å². The van der Waals surface area contributed by atoms with Gasteiger partial charge in [-0.05, 0) is 48.2 Å². The van der Waals surface area contributed by atoms with Gasteiger partial charge >= 0.3 is 0 Å². The van der Waals surface area contributed by atoms with Gasteiger partial charge in [-0.15, -0.1) is 0 Å². The molecule has 4 aliphatic heterocycles. The third kappa shape index (κ3) is 5.81. The predicted molar refractivity (Wildman–Crippen MR) is 124 cm³/mol. The van der Waals surface area contributed by atoms with Gasteiger partial charge in [-0.2, -0.15) is 0 Å². The molecule has 4 heterocycles. The van der Waals surface area contributed by atoms with Crippen LogP contribution in [0.5, 0.6) is 0 Å². The van der Waals surface area contributed by atoms with Crippen LogP contribution in [0, 0.1) is 0 Å². The molecule has 0 amide bonds. The molecule has 0 aromatic heterocycles. The summed E-state index contributed by atoms with van der Waals surface area (Å²) in [7, 11) is 0. The van der Waals surface area contributed by atoms with E-state index in [1.54, 1.807) is 0 Å². The van der Waals surface area contributed by atoms with Crippen molar-refractivity contribution in [3.05, 3.63) is 59.7 Å². The van der Waals surface area contributed by atoms with Gasteiger partial charge < -0.3 is 28.7 Å². The lowest BCUT2D eigenvalue weighted by atomic mass is 10.0. The van der Waals surface area contributed by atoms with Crippen molar-refractivity contribution in [2.24, 2.45) is 0 Å². The summed E-state index contributed by atoms with van der Waals surface area (Å²) >= 11 is 0. The molecule has 4 fully saturated rings. The minimum Gasteiger partial charge on any atom is -0.373 e. The minimum atomic E-state index is 0.384. The summed E-state index contributed by atoms with van der Waals surface area (Å²) in [6.45, 7) is 7.49. The Kier molecular flexibility index (Phi) is 5.78. The Labute approximate surface area is 190 Å². The fourth-order valence-electron chi connectivity index (χ4n) is 4.29. The topological polar surface area (TPSA) is 56.6 Å². The molecule has 6 nitrogen and oxygen atoms in total. The highest BCUT2D eigenvalue weighted by atomic mass is 16.6. The van der Waals surface area contributed by atoms with E-state index in [2.05, 4.69) is 58.3 Å². The zero-order valence-corrected chi connectivity index (χ0v) is 18.5. The van der Waals surface area contributed by atoms with Crippen LogP contribution >= 0.6 is 0 Å². The summed E-state index contributed by atoms with van der Waals surface area (Å²) in [4.78, 5) is 4.85. The standard InChI is InChI=1S/C26H32N2O4/c1-5-21(27(12-24-16-30-24)10-9-23-15-29-23)6-2-19(1)11-20-3-7-22(8-4-20)28(13-25-17-31-25)14-26-18-32-26/h1-8,23-26H,9-18H2. The fourth-order valence-corrected chi connectivity index (χ4v) is 4.29.